The second kappa shape index (κ2) is 5.98. The second-order valence-corrected chi connectivity index (χ2v) is 5.95. The van der Waals surface area contributed by atoms with Crippen LogP contribution in [0.3, 0.4) is 0 Å². The summed E-state index contributed by atoms with van der Waals surface area (Å²) in [4.78, 5) is 16.1. The number of fused-ring (bicyclic) bond motifs is 1. The van der Waals surface area contributed by atoms with E-state index in [-0.39, 0.29) is 18.3 Å². The highest BCUT2D eigenvalue weighted by molar-refractivity contribution is 7.08. The van der Waals surface area contributed by atoms with E-state index in [1.807, 2.05) is 41.1 Å². The Bertz CT molecular complexity index is 997. The van der Waals surface area contributed by atoms with E-state index in [9.17, 15) is 4.79 Å². The molecule has 4 rings (SSSR count). The maximum Gasteiger partial charge on any atom is 0.312 e. The predicted octanol–water partition coefficient (Wildman–Crippen LogP) is 5.13. The number of furan rings is 1. The van der Waals surface area contributed by atoms with Gasteiger partial charge in [-0.2, -0.15) is 16.3 Å². The van der Waals surface area contributed by atoms with Crippen LogP contribution < -0.4 is 4.74 Å². The Morgan fingerprint density at radius 1 is 1.25 bits per heavy atom. The van der Waals surface area contributed by atoms with Gasteiger partial charge in [0.1, 0.15) is 5.58 Å². The van der Waals surface area contributed by atoms with Crippen LogP contribution >= 0.6 is 11.3 Å². The molecule has 0 radical (unpaired) electrons. The minimum atomic E-state index is -0.350. The number of rotatable bonds is 4. The first kappa shape index (κ1) is 14.7. The number of nitrogens with zero attached hydrogens (tertiary/aromatic N) is 1. The van der Waals surface area contributed by atoms with Gasteiger partial charge in [0, 0.05) is 28.3 Å². The van der Waals surface area contributed by atoms with Crippen LogP contribution in [0, 0.1) is 0 Å². The molecule has 0 aliphatic carbocycles. The number of ether oxygens (including phenoxy) is 1. The summed E-state index contributed by atoms with van der Waals surface area (Å²) in [7, 11) is 0. The summed E-state index contributed by atoms with van der Waals surface area (Å²) in [5.74, 6) is 0.706. The van der Waals surface area contributed by atoms with Crippen molar-refractivity contribution in [2.75, 3.05) is 0 Å². The third-order valence-electron chi connectivity index (χ3n) is 3.58. The Labute approximate surface area is 141 Å². The van der Waals surface area contributed by atoms with Crippen molar-refractivity contribution in [1.29, 1.82) is 0 Å². The van der Waals surface area contributed by atoms with Gasteiger partial charge >= 0.3 is 5.97 Å². The predicted molar refractivity (Wildman–Crippen MR) is 91.0 cm³/mol. The van der Waals surface area contributed by atoms with Gasteiger partial charge in [-0.1, -0.05) is 6.92 Å². The van der Waals surface area contributed by atoms with E-state index in [2.05, 4.69) is 4.98 Å². The maximum atomic E-state index is 11.7. The van der Waals surface area contributed by atoms with Crippen molar-refractivity contribution < 1.29 is 18.4 Å². The second-order valence-electron chi connectivity index (χ2n) is 5.17. The molecule has 0 aliphatic rings. The van der Waals surface area contributed by atoms with E-state index >= 15 is 0 Å². The number of carbonyl (C=O) groups excluding carboxylic acids is 1. The average molecular weight is 339 g/mol. The van der Waals surface area contributed by atoms with Crippen LogP contribution in [0.5, 0.6) is 5.88 Å². The van der Waals surface area contributed by atoms with E-state index in [4.69, 9.17) is 13.6 Å². The molecule has 0 saturated carbocycles. The van der Waals surface area contributed by atoms with Crippen molar-refractivity contribution in [3.05, 3.63) is 47.4 Å². The van der Waals surface area contributed by atoms with Crippen LogP contribution in [0.15, 0.2) is 56.2 Å². The molecule has 0 spiro atoms. The number of aromatic nitrogens is 1. The Morgan fingerprint density at radius 2 is 2.17 bits per heavy atom. The SMILES string of the molecule is CCC(=O)Oc1nc(-c2ccc3occc3c2)oc1-c1ccsc1. The topological polar surface area (TPSA) is 65.5 Å². The Morgan fingerprint density at radius 3 is 2.96 bits per heavy atom. The third kappa shape index (κ3) is 2.61. The van der Waals surface area contributed by atoms with Crippen molar-refractivity contribution in [3.63, 3.8) is 0 Å². The van der Waals surface area contributed by atoms with Crippen LogP contribution in [-0.2, 0) is 4.79 Å². The molecule has 0 aliphatic heterocycles. The third-order valence-corrected chi connectivity index (χ3v) is 4.26. The molecule has 120 valence electrons. The lowest BCUT2D eigenvalue weighted by molar-refractivity contribution is -0.134. The fraction of sp³-hybridized carbons (Fsp3) is 0.111. The van der Waals surface area contributed by atoms with Gasteiger partial charge in [0.25, 0.3) is 5.88 Å². The molecular formula is C18H13NO4S. The Balaban J connectivity index is 1.80. The smallest absolute Gasteiger partial charge is 0.312 e. The largest absolute Gasteiger partial charge is 0.464 e. The molecule has 3 aromatic heterocycles. The molecule has 0 N–H and O–H groups in total. The maximum absolute atomic E-state index is 11.7. The van der Waals surface area contributed by atoms with Crippen LogP contribution in [0.4, 0.5) is 0 Å². The number of benzene rings is 1. The van der Waals surface area contributed by atoms with Crippen molar-refractivity contribution >= 4 is 28.3 Å². The fourth-order valence-corrected chi connectivity index (χ4v) is 2.99. The molecule has 0 atom stereocenters. The van der Waals surface area contributed by atoms with E-state index in [1.165, 1.54) is 11.3 Å². The van der Waals surface area contributed by atoms with Crippen LogP contribution in [0.2, 0.25) is 0 Å². The monoisotopic (exact) mass is 339 g/mol. The normalized spacial score (nSPS) is 11.0. The number of hydrogen-bond donors (Lipinski definition) is 0. The van der Waals surface area contributed by atoms with Crippen LogP contribution in [0.25, 0.3) is 33.7 Å². The lowest BCUT2D eigenvalue weighted by Crippen LogP contribution is -2.06. The van der Waals surface area contributed by atoms with Crippen molar-refractivity contribution in [3.8, 4) is 28.7 Å². The molecule has 5 nitrogen and oxygen atoms in total. The minimum Gasteiger partial charge on any atom is -0.464 e. The molecule has 6 heteroatoms. The van der Waals surface area contributed by atoms with Crippen molar-refractivity contribution in [1.82, 2.24) is 4.98 Å². The Kier molecular flexibility index (Phi) is 3.66. The molecule has 0 amide bonds. The number of oxazole rings is 1. The van der Waals surface area contributed by atoms with E-state index in [0.717, 1.165) is 22.1 Å². The van der Waals surface area contributed by atoms with Gasteiger partial charge < -0.3 is 13.6 Å². The summed E-state index contributed by atoms with van der Waals surface area (Å²) < 4.78 is 16.6. The molecule has 0 bridgehead atoms. The first-order chi connectivity index (χ1) is 11.7. The number of carbonyl (C=O) groups is 1. The summed E-state index contributed by atoms with van der Waals surface area (Å²) in [5.41, 5.74) is 2.42. The first-order valence-electron chi connectivity index (χ1n) is 7.46. The molecular weight excluding hydrogens is 326 g/mol. The zero-order chi connectivity index (χ0) is 16.5. The molecule has 0 saturated heterocycles. The van der Waals surface area contributed by atoms with Crippen molar-refractivity contribution in [2.45, 2.75) is 13.3 Å². The summed E-state index contributed by atoms with van der Waals surface area (Å²) in [6.07, 6.45) is 1.90. The highest BCUT2D eigenvalue weighted by atomic mass is 32.1. The molecule has 0 unspecified atom stereocenters. The lowest BCUT2D eigenvalue weighted by Gasteiger charge is -1.98. The molecule has 24 heavy (non-hydrogen) atoms. The summed E-state index contributed by atoms with van der Waals surface area (Å²) in [5, 5.41) is 4.81. The fourth-order valence-electron chi connectivity index (χ4n) is 2.35. The van der Waals surface area contributed by atoms with Crippen LogP contribution in [-0.4, -0.2) is 11.0 Å². The van der Waals surface area contributed by atoms with Crippen molar-refractivity contribution in [2.24, 2.45) is 0 Å². The minimum absolute atomic E-state index is 0.197. The van der Waals surface area contributed by atoms with E-state index in [1.54, 1.807) is 13.2 Å². The number of esters is 1. The van der Waals surface area contributed by atoms with Crippen LogP contribution in [0.1, 0.15) is 13.3 Å². The number of thiophene rings is 1. The van der Waals surface area contributed by atoms with E-state index < -0.39 is 0 Å². The van der Waals surface area contributed by atoms with Gasteiger partial charge in [0.05, 0.1) is 6.26 Å². The standard InChI is InChI=1S/C18H13NO4S/c1-2-15(20)22-18-16(13-6-8-24-10-13)23-17(19-18)12-3-4-14-11(9-12)5-7-21-14/h3-10H,2H2,1H3. The molecule has 3 heterocycles. The van der Waals surface area contributed by atoms with E-state index in [0.29, 0.717) is 11.7 Å². The quantitative estimate of drug-likeness (QED) is 0.482. The Hall–Kier alpha value is -2.86. The lowest BCUT2D eigenvalue weighted by atomic mass is 10.1. The molecule has 4 aromatic rings. The highest BCUT2D eigenvalue weighted by Crippen LogP contribution is 2.36. The average Bonchev–Trinajstić information content (AvgIpc) is 3.33. The summed E-state index contributed by atoms with van der Waals surface area (Å²) >= 11 is 1.54. The van der Waals surface area contributed by atoms with Gasteiger partial charge in [0.15, 0.2) is 5.76 Å². The van der Waals surface area contributed by atoms with Gasteiger partial charge in [-0.25, -0.2) is 0 Å². The molecule has 0 fully saturated rings. The summed E-state index contributed by atoms with van der Waals surface area (Å²) in [6, 6.07) is 9.42. The summed E-state index contributed by atoms with van der Waals surface area (Å²) in [6.45, 7) is 1.74. The number of hydrogen-bond acceptors (Lipinski definition) is 6. The van der Waals surface area contributed by atoms with Gasteiger partial charge in [-0.15, -0.1) is 0 Å². The van der Waals surface area contributed by atoms with Gasteiger partial charge in [0.2, 0.25) is 5.89 Å². The van der Waals surface area contributed by atoms with Gasteiger partial charge in [-0.3, -0.25) is 4.79 Å². The molecule has 1 aromatic carbocycles. The van der Waals surface area contributed by atoms with Gasteiger partial charge in [-0.05, 0) is 35.7 Å². The highest BCUT2D eigenvalue weighted by Gasteiger charge is 2.20. The zero-order valence-electron chi connectivity index (χ0n) is 12.8. The first-order valence-corrected chi connectivity index (χ1v) is 8.40. The zero-order valence-corrected chi connectivity index (χ0v) is 13.6.